The molecular weight excluding hydrogens is 386 g/mol. The predicted octanol–water partition coefficient (Wildman–Crippen LogP) is 1.98. The first-order valence-corrected chi connectivity index (χ1v) is 10.9. The Balaban J connectivity index is 1.92. The number of aliphatic hydroxyl groups excluding tert-OH is 1. The van der Waals surface area contributed by atoms with Gasteiger partial charge in [-0.05, 0) is 32.1 Å². The predicted molar refractivity (Wildman–Crippen MR) is 112 cm³/mol. The number of aryl methyl sites for hydroxylation is 3. The number of aromatic nitrogens is 5. The number of hydrogen-bond acceptors (Lipinski definition) is 6. The highest BCUT2D eigenvalue weighted by Gasteiger charge is 2.24. The van der Waals surface area contributed by atoms with E-state index in [4.69, 9.17) is 4.52 Å². The van der Waals surface area contributed by atoms with Crippen molar-refractivity contribution in [1.29, 1.82) is 0 Å². The van der Waals surface area contributed by atoms with Gasteiger partial charge in [0.1, 0.15) is 23.9 Å². The van der Waals surface area contributed by atoms with Gasteiger partial charge in [-0.2, -0.15) is 0 Å². The zero-order valence-electron chi connectivity index (χ0n) is 17.7. The smallest absolute Gasteiger partial charge is 0.333 e. The Kier molecular flexibility index (Phi) is 5.90. The molecule has 0 unspecified atom stereocenters. The zero-order valence-corrected chi connectivity index (χ0v) is 17.7. The molecule has 0 aliphatic heterocycles. The number of fused-ring (bicyclic) bond motifs is 2. The van der Waals surface area contributed by atoms with Crippen LogP contribution in [0.15, 0.2) is 14.1 Å². The van der Waals surface area contributed by atoms with Crippen molar-refractivity contribution < 1.29 is 9.63 Å². The Morgan fingerprint density at radius 3 is 2.57 bits per heavy atom. The van der Waals surface area contributed by atoms with Crippen LogP contribution in [0.3, 0.4) is 0 Å². The first kappa shape index (κ1) is 20.6. The fourth-order valence-electron chi connectivity index (χ4n) is 4.30. The molecule has 0 atom stereocenters. The molecular formula is C21H29N5O4. The summed E-state index contributed by atoms with van der Waals surface area (Å²) < 4.78 is 10.0. The van der Waals surface area contributed by atoms with E-state index in [2.05, 4.69) is 17.1 Å². The maximum atomic E-state index is 13.4. The third-order valence-electron chi connectivity index (χ3n) is 5.86. The molecule has 0 amide bonds. The number of rotatable bonds is 8. The molecule has 0 spiro atoms. The summed E-state index contributed by atoms with van der Waals surface area (Å²) in [6.07, 6.45) is 6.31. The van der Waals surface area contributed by atoms with Crippen molar-refractivity contribution in [2.45, 2.75) is 85.0 Å². The summed E-state index contributed by atoms with van der Waals surface area (Å²) in [5, 5.41) is 14.0. The van der Waals surface area contributed by atoms with E-state index < -0.39 is 5.56 Å². The van der Waals surface area contributed by atoms with Crippen molar-refractivity contribution in [1.82, 2.24) is 23.8 Å². The number of hydrogen-bond donors (Lipinski definition) is 1. The van der Waals surface area contributed by atoms with Gasteiger partial charge in [-0.25, -0.2) is 9.78 Å². The van der Waals surface area contributed by atoms with Crippen molar-refractivity contribution in [2.24, 2.45) is 0 Å². The van der Waals surface area contributed by atoms with Gasteiger partial charge in [-0.15, -0.1) is 0 Å². The van der Waals surface area contributed by atoms with Crippen LogP contribution in [0.2, 0.25) is 0 Å². The van der Waals surface area contributed by atoms with Gasteiger partial charge in [0.05, 0.1) is 6.54 Å². The second kappa shape index (κ2) is 8.59. The molecule has 9 nitrogen and oxygen atoms in total. The second-order valence-electron chi connectivity index (χ2n) is 7.93. The minimum atomic E-state index is -0.393. The van der Waals surface area contributed by atoms with Gasteiger partial charge in [0.2, 0.25) is 0 Å². The van der Waals surface area contributed by atoms with Gasteiger partial charge in [-0.1, -0.05) is 25.4 Å². The molecule has 1 aliphatic carbocycles. The number of unbranched alkanes of at least 4 members (excludes halogenated alkanes) is 1. The molecule has 0 aromatic carbocycles. The Morgan fingerprint density at radius 1 is 1.03 bits per heavy atom. The Hall–Kier alpha value is -2.68. The molecule has 0 radical (unpaired) electrons. The Morgan fingerprint density at radius 2 is 1.83 bits per heavy atom. The molecule has 9 heteroatoms. The topological polar surface area (TPSA) is 108 Å². The van der Waals surface area contributed by atoms with Crippen LogP contribution in [0.25, 0.3) is 11.2 Å². The summed E-state index contributed by atoms with van der Waals surface area (Å²) in [6.45, 7) is 4.87. The monoisotopic (exact) mass is 415 g/mol. The first-order valence-electron chi connectivity index (χ1n) is 10.9. The third kappa shape index (κ3) is 3.40. The van der Waals surface area contributed by atoms with E-state index in [-0.39, 0.29) is 18.8 Å². The average molecular weight is 415 g/mol. The highest BCUT2D eigenvalue weighted by molar-refractivity contribution is 5.71. The summed E-state index contributed by atoms with van der Waals surface area (Å²) in [5.41, 5.74) is 1.64. The van der Waals surface area contributed by atoms with Gasteiger partial charge in [0.15, 0.2) is 11.2 Å². The van der Waals surface area contributed by atoms with Gasteiger partial charge in [-0.3, -0.25) is 13.9 Å². The van der Waals surface area contributed by atoms with Gasteiger partial charge in [0.25, 0.3) is 5.56 Å². The zero-order chi connectivity index (χ0) is 21.3. The molecule has 3 heterocycles. The van der Waals surface area contributed by atoms with Crippen LogP contribution in [0.4, 0.5) is 0 Å². The standard InChI is InChI=1S/C21H29N5O4/c1-3-5-11-25-19-18(24(10-4-2)17(13-27)22-19)20(28)26(21(25)29)12-15-14-8-6-7-9-16(14)30-23-15/h27H,3-13H2,1-2H3. The number of aliphatic hydroxyl groups is 1. The molecule has 3 aromatic rings. The number of imidazole rings is 1. The van der Waals surface area contributed by atoms with Crippen LogP contribution in [0.1, 0.15) is 68.8 Å². The van der Waals surface area contributed by atoms with Crippen LogP contribution in [0.5, 0.6) is 0 Å². The van der Waals surface area contributed by atoms with Crippen molar-refractivity contribution in [3.05, 3.63) is 43.7 Å². The van der Waals surface area contributed by atoms with Gasteiger partial charge in [0, 0.05) is 25.1 Å². The summed E-state index contributed by atoms with van der Waals surface area (Å²) in [5.74, 6) is 1.28. The fourth-order valence-corrected chi connectivity index (χ4v) is 4.30. The highest BCUT2D eigenvalue weighted by atomic mass is 16.5. The molecule has 1 aliphatic rings. The molecule has 162 valence electrons. The quantitative estimate of drug-likeness (QED) is 0.603. The van der Waals surface area contributed by atoms with E-state index in [0.29, 0.717) is 35.8 Å². The first-order chi connectivity index (χ1) is 14.6. The lowest BCUT2D eigenvalue weighted by atomic mass is 9.96. The maximum Gasteiger partial charge on any atom is 0.333 e. The number of nitrogens with zero attached hydrogens (tertiary/aromatic N) is 5. The lowest BCUT2D eigenvalue weighted by molar-refractivity contribution is 0.265. The molecule has 0 bridgehead atoms. The van der Waals surface area contributed by atoms with Crippen LogP contribution in [-0.4, -0.2) is 28.9 Å². The SMILES string of the molecule is CCCCn1c(=O)n(Cc2noc3c2CCCC3)c(=O)c2c1nc(CO)n2CCC. The van der Waals surface area contributed by atoms with E-state index in [1.807, 2.05) is 6.92 Å². The minimum absolute atomic E-state index is 0.0876. The van der Waals surface area contributed by atoms with Crippen LogP contribution >= 0.6 is 0 Å². The van der Waals surface area contributed by atoms with E-state index in [9.17, 15) is 14.7 Å². The van der Waals surface area contributed by atoms with Crippen molar-refractivity contribution >= 4 is 11.2 Å². The summed E-state index contributed by atoms with van der Waals surface area (Å²) in [4.78, 5) is 31.2. The third-order valence-corrected chi connectivity index (χ3v) is 5.86. The van der Waals surface area contributed by atoms with Gasteiger partial charge < -0.3 is 14.2 Å². The normalized spacial score (nSPS) is 13.8. The molecule has 1 N–H and O–H groups in total. The molecule has 0 saturated carbocycles. The van der Waals surface area contributed by atoms with E-state index in [1.54, 1.807) is 9.13 Å². The Bertz CT molecular complexity index is 1170. The van der Waals surface area contributed by atoms with E-state index in [1.165, 1.54) is 4.57 Å². The van der Waals surface area contributed by atoms with Crippen molar-refractivity contribution in [2.75, 3.05) is 0 Å². The summed E-state index contributed by atoms with van der Waals surface area (Å²) >= 11 is 0. The summed E-state index contributed by atoms with van der Waals surface area (Å²) in [7, 11) is 0. The second-order valence-corrected chi connectivity index (χ2v) is 7.93. The van der Waals surface area contributed by atoms with Crippen LogP contribution in [0, 0.1) is 0 Å². The Labute approximate surface area is 173 Å². The maximum absolute atomic E-state index is 13.4. The lowest BCUT2D eigenvalue weighted by Crippen LogP contribution is -2.41. The van der Waals surface area contributed by atoms with Gasteiger partial charge >= 0.3 is 5.69 Å². The van der Waals surface area contributed by atoms with Crippen molar-refractivity contribution in [3.63, 3.8) is 0 Å². The highest BCUT2D eigenvalue weighted by Crippen LogP contribution is 2.24. The van der Waals surface area contributed by atoms with Crippen LogP contribution in [-0.2, 0) is 39.1 Å². The molecule has 0 saturated heterocycles. The summed E-state index contributed by atoms with van der Waals surface area (Å²) in [6, 6.07) is 0. The van der Waals surface area contributed by atoms with Crippen LogP contribution < -0.4 is 11.2 Å². The van der Waals surface area contributed by atoms with E-state index in [0.717, 1.165) is 56.3 Å². The lowest BCUT2D eigenvalue weighted by Gasteiger charge is -2.13. The fraction of sp³-hybridized carbons (Fsp3) is 0.619. The van der Waals surface area contributed by atoms with Crippen molar-refractivity contribution in [3.8, 4) is 0 Å². The largest absolute Gasteiger partial charge is 0.388 e. The molecule has 3 aromatic heterocycles. The molecule has 0 fully saturated rings. The average Bonchev–Trinajstić information content (AvgIpc) is 3.33. The molecule has 30 heavy (non-hydrogen) atoms. The minimum Gasteiger partial charge on any atom is -0.388 e. The van der Waals surface area contributed by atoms with E-state index >= 15 is 0 Å². The molecule has 4 rings (SSSR count).